The van der Waals surface area contributed by atoms with E-state index in [1.807, 2.05) is 13.8 Å². The highest BCUT2D eigenvalue weighted by molar-refractivity contribution is 7.92. The van der Waals surface area contributed by atoms with Crippen molar-refractivity contribution < 1.29 is 21.9 Å². The highest BCUT2D eigenvalue weighted by atomic mass is 32.2. The number of aromatic nitrogens is 4. The Bertz CT molecular complexity index is 828. The maximum atomic E-state index is 12.5. The standard InChI is InChI=1S/C12H15F2N5O3S/c1-12(2)6-19-10(22-7-12)9(4-16-19)23(20,21)17-8-3-15-18(5-8)11(13)14/h3-5,11,17H,6-7H2,1-2H3. The first-order valence-corrected chi connectivity index (χ1v) is 8.20. The van der Waals surface area contributed by atoms with E-state index in [0.717, 1.165) is 12.4 Å². The van der Waals surface area contributed by atoms with Gasteiger partial charge in [-0.25, -0.2) is 17.8 Å². The summed E-state index contributed by atoms with van der Waals surface area (Å²) in [6, 6.07) is 0. The molecule has 0 fully saturated rings. The third-order valence-electron chi connectivity index (χ3n) is 3.28. The van der Waals surface area contributed by atoms with Crippen molar-refractivity contribution in [1.82, 2.24) is 19.6 Å². The molecule has 2 aromatic rings. The van der Waals surface area contributed by atoms with Gasteiger partial charge in [-0.05, 0) is 0 Å². The van der Waals surface area contributed by atoms with E-state index in [1.54, 1.807) is 0 Å². The molecule has 0 bridgehead atoms. The van der Waals surface area contributed by atoms with Gasteiger partial charge in [-0.2, -0.15) is 19.0 Å². The predicted octanol–water partition coefficient (Wildman–Crippen LogP) is 1.69. The Morgan fingerprint density at radius 3 is 2.74 bits per heavy atom. The number of sulfonamides is 1. The smallest absolute Gasteiger partial charge is 0.333 e. The SMILES string of the molecule is CC1(C)COc2c(S(=O)(=O)Nc3cnn(C(F)F)c3)cnn2C1. The number of ether oxygens (including phenoxy) is 1. The van der Waals surface area contributed by atoms with Crippen molar-refractivity contribution in [3.63, 3.8) is 0 Å². The molecule has 0 aromatic carbocycles. The van der Waals surface area contributed by atoms with Crippen LogP contribution in [0.3, 0.4) is 0 Å². The summed E-state index contributed by atoms with van der Waals surface area (Å²) in [6.07, 6.45) is 3.09. The Hall–Kier alpha value is -2.17. The van der Waals surface area contributed by atoms with Gasteiger partial charge in [-0.3, -0.25) is 4.72 Å². The number of anilines is 1. The molecular formula is C12H15F2N5O3S. The van der Waals surface area contributed by atoms with E-state index in [2.05, 4.69) is 14.9 Å². The van der Waals surface area contributed by atoms with Gasteiger partial charge in [0.1, 0.15) is 0 Å². The summed E-state index contributed by atoms with van der Waals surface area (Å²) >= 11 is 0. The van der Waals surface area contributed by atoms with Gasteiger partial charge in [0, 0.05) is 5.41 Å². The molecule has 1 aliphatic rings. The van der Waals surface area contributed by atoms with Gasteiger partial charge in [0.25, 0.3) is 10.0 Å². The second-order valence-corrected chi connectivity index (χ2v) is 7.67. The topological polar surface area (TPSA) is 91.0 Å². The lowest BCUT2D eigenvalue weighted by molar-refractivity contribution is 0.0566. The molecule has 0 atom stereocenters. The van der Waals surface area contributed by atoms with Gasteiger partial charge in [0.2, 0.25) is 5.88 Å². The number of halogens is 2. The normalized spacial score (nSPS) is 16.9. The van der Waals surface area contributed by atoms with Crippen LogP contribution in [0.5, 0.6) is 5.88 Å². The van der Waals surface area contributed by atoms with E-state index in [9.17, 15) is 17.2 Å². The molecule has 0 amide bonds. The molecule has 0 unspecified atom stereocenters. The lowest BCUT2D eigenvalue weighted by Gasteiger charge is -2.30. The molecule has 3 heterocycles. The molecule has 1 N–H and O–H groups in total. The van der Waals surface area contributed by atoms with E-state index in [1.165, 1.54) is 10.9 Å². The van der Waals surface area contributed by atoms with Crippen LogP contribution in [0.15, 0.2) is 23.5 Å². The van der Waals surface area contributed by atoms with Crippen molar-refractivity contribution in [2.45, 2.75) is 31.8 Å². The zero-order chi connectivity index (χ0) is 16.8. The number of nitrogens with zero attached hydrogens (tertiary/aromatic N) is 4. The van der Waals surface area contributed by atoms with Crippen molar-refractivity contribution in [3.8, 4) is 5.88 Å². The Balaban J connectivity index is 1.87. The zero-order valence-corrected chi connectivity index (χ0v) is 13.2. The quantitative estimate of drug-likeness (QED) is 0.909. The molecule has 0 spiro atoms. The minimum Gasteiger partial charge on any atom is -0.476 e. The van der Waals surface area contributed by atoms with Crippen molar-refractivity contribution >= 4 is 15.7 Å². The van der Waals surface area contributed by atoms with Crippen LogP contribution in [0.1, 0.15) is 20.4 Å². The van der Waals surface area contributed by atoms with Crippen LogP contribution in [-0.4, -0.2) is 34.6 Å². The maximum Gasteiger partial charge on any atom is 0.333 e. The van der Waals surface area contributed by atoms with Crippen molar-refractivity contribution in [3.05, 3.63) is 18.6 Å². The minimum atomic E-state index is -4.02. The Labute approximate surface area is 131 Å². The number of alkyl halides is 2. The van der Waals surface area contributed by atoms with E-state index >= 15 is 0 Å². The number of rotatable bonds is 4. The lowest BCUT2D eigenvalue weighted by Crippen LogP contribution is -2.33. The first-order valence-electron chi connectivity index (χ1n) is 6.72. The highest BCUT2D eigenvalue weighted by Gasteiger charge is 2.33. The average Bonchev–Trinajstić information content (AvgIpc) is 3.03. The molecule has 0 saturated heterocycles. The third kappa shape index (κ3) is 3.00. The summed E-state index contributed by atoms with van der Waals surface area (Å²) in [4.78, 5) is -0.141. The van der Waals surface area contributed by atoms with Gasteiger partial charge in [-0.1, -0.05) is 13.8 Å². The fraction of sp³-hybridized carbons (Fsp3) is 0.500. The molecule has 0 aliphatic carbocycles. The summed E-state index contributed by atoms with van der Waals surface area (Å²) in [6.45, 7) is 1.97. The summed E-state index contributed by atoms with van der Waals surface area (Å²) in [5, 5.41) is 7.40. The first kappa shape index (κ1) is 15.7. The number of fused-ring (bicyclic) bond motifs is 1. The van der Waals surface area contributed by atoms with Crippen LogP contribution >= 0.6 is 0 Å². The van der Waals surface area contributed by atoms with E-state index in [4.69, 9.17) is 4.74 Å². The van der Waals surface area contributed by atoms with Crippen LogP contribution < -0.4 is 9.46 Å². The number of nitrogens with one attached hydrogen (secondary N) is 1. The Morgan fingerprint density at radius 2 is 2.09 bits per heavy atom. The van der Waals surface area contributed by atoms with E-state index in [0.29, 0.717) is 17.8 Å². The van der Waals surface area contributed by atoms with Gasteiger partial charge >= 0.3 is 6.55 Å². The molecule has 3 rings (SSSR count). The van der Waals surface area contributed by atoms with Gasteiger partial charge in [-0.15, -0.1) is 0 Å². The number of hydrogen-bond donors (Lipinski definition) is 1. The molecule has 1 aliphatic heterocycles. The van der Waals surface area contributed by atoms with Crippen LogP contribution in [0, 0.1) is 5.41 Å². The second-order valence-electron chi connectivity index (χ2n) is 6.02. The molecule has 11 heteroatoms. The average molecular weight is 347 g/mol. The monoisotopic (exact) mass is 347 g/mol. The molecule has 126 valence electrons. The highest BCUT2D eigenvalue weighted by Crippen LogP contribution is 2.33. The van der Waals surface area contributed by atoms with Gasteiger partial charge in [0.15, 0.2) is 4.90 Å². The minimum absolute atomic E-state index is 0.0682. The largest absolute Gasteiger partial charge is 0.476 e. The van der Waals surface area contributed by atoms with Crippen LogP contribution in [0.4, 0.5) is 14.5 Å². The van der Waals surface area contributed by atoms with Crippen LogP contribution in [0.25, 0.3) is 0 Å². The number of hydrogen-bond acceptors (Lipinski definition) is 5. The van der Waals surface area contributed by atoms with Gasteiger partial charge in [0.05, 0.1) is 37.4 Å². The second kappa shape index (κ2) is 5.18. The Morgan fingerprint density at radius 1 is 1.35 bits per heavy atom. The fourth-order valence-electron chi connectivity index (χ4n) is 2.22. The lowest BCUT2D eigenvalue weighted by atomic mass is 9.94. The molecule has 0 saturated carbocycles. The van der Waals surface area contributed by atoms with Gasteiger partial charge < -0.3 is 4.74 Å². The first-order chi connectivity index (χ1) is 10.7. The molecule has 2 aromatic heterocycles. The van der Waals surface area contributed by atoms with Crippen molar-refractivity contribution in [2.24, 2.45) is 5.41 Å². The van der Waals surface area contributed by atoms with E-state index < -0.39 is 16.6 Å². The van der Waals surface area contributed by atoms with E-state index in [-0.39, 0.29) is 21.9 Å². The van der Waals surface area contributed by atoms with Crippen molar-refractivity contribution in [2.75, 3.05) is 11.3 Å². The van der Waals surface area contributed by atoms with Crippen LogP contribution in [-0.2, 0) is 16.6 Å². The van der Waals surface area contributed by atoms with Crippen molar-refractivity contribution in [1.29, 1.82) is 0 Å². The summed E-state index contributed by atoms with van der Waals surface area (Å²) in [7, 11) is -4.02. The summed E-state index contributed by atoms with van der Waals surface area (Å²) < 4.78 is 59.3. The fourth-order valence-corrected chi connectivity index (χ4v) is 3.33. The zero-order valence-electron chi connectivity index (χ0n) is 12.4. The van der Waals surface area contributed by atoms with Crippen LogP contribution in [0.2, 0.25) is 0 Å². The predicted molar refractivity (Wildman–Crippen MR) is 75.8 cm³/mol. The summed E-state index contributed by atoms with van der Waals surface area (Å²) in [5.41, 5.74) is -0.229. The molecule has 0 radical (unpaired) electrons. The maximum absolute atomic E-state index is 12.5. The molecule has 8 nitrogen and oxygen atoms in total. The Kier molecular flexibility index (Phi) is 3.54. The molecule has 23 heavy (non-hydrogen) atoms. The molecular weight excluding hydrogens is 332 g/mol. The summed E-state index contributed by atoms with van der Waals surface area (Å²) in [5.74, 6) is 0.137. The third-order valence-corrected chi connectivity index (χ3v) is 4.64.